The van der Waals surface area contributed by atoms with Crippen molar-refractivity contribution in [3.8, 4) is 0 Å². The lowest BCUT2D eigenvalue weighted by Gasteiger charge is -2.06. The Hall–Kier alpha value is -0.850. The minimum absolute atomic E-state index is 0.268. The van der Waals surface area contributed by atoms with Crippen LogP contribution in [0.5, 0.6) is 0 Å². The molecule has 2 aromatic rings. The van der Waals surface area contributed by atoms with Crippen molar-refractivity contribution in [3.05, 3.63) is 32.3 Å². The fraction of sp³-hybridized carbons (Fsp3) is 0.111. The summed E-state index contributed by atoms with van der Waals surface area (Å²) in [5.41, 5.74) is 6.10. The number of aromatic nitrogens is 2. The highest BCUT2D eigenvalue weighted by Crippen LogP contribution is 2.24. The van der Waals surface area contributed by atoms with Crippen molar-refractivity contribution in [1.82, 2.24) is 9.97 Å². The van der Waals surface area contributed by atoms with Gasteiger partial charge in [-0.15, -0.1) is 11.3 Å². The Morgan fingerprint density at radius 3 is 3.00 bits per heavy atom. The summed E-state index contributed by atoms with van der Waals surface area (Å²) in [6, 6.07) is 2.04. The van der Waals surface area contributed by atoms with E-state index in [9.17, 15) is 0 Å². The van der Waals surface area contributed by atoms with Crippen molar-refractivity contribution in [1.29, 1.82) is 0 Å². The fourth-order valence-corrected chi connectivity index (χ4v) is 2.66. The minimum Gasteiger partial charge on any atom is -0.393 e. The number of halogens is 2. The Kier molecular flexibility index (Phi) is 3.63. The van der Waals surface area contributed by atoms with Crippen LogP contribution < -0.4 is 11.1 Å². The predicted molar refractivity (Wildman–Crippen MR) is 70.8 cm³/mol. The second-order valence-electron chi connectivity index (χ2n) is 3.01. The molecule has 3 N–H and O–H groups in total. The van der Waals surface area contributed by atoms with Crippen LogP contribution in [-0.2, 0) is 6.54 Å². The third kappa shape index (κ3) is 2.63. The smallest absolute Gasteiger partial charge is 0.157 e. The highest BCUT2D eigenvalue weighted by atomic mass is 79.9. The Morgan fingerprint density at radius 1 is 1.50 bits per heavy atom. The molecule has 0 radical (unpaired) electrons. The van der Waals surface area contributed by atoms with E-state index in [0.717, 1.165) is 4.47 Å². The van der Waals surface area contributed by atoms with Crippen molar-refractivity contribution in [3.63, 3.8) is 0 Å². The highest BCUT2D eigenvalue weighted by molar-refractivity contribution is 9.10. The molecule has 0 aliphatic rings. The molecule has 16 heavy (non-hydrogen) atoms. The molecule has 0 amide bonds. The van der Waals surface area contributed by atoms with E-state index in [2.05, 4.69) is 31.2 Å². The highest BCUT2D eigenvalue weighted by Gasteiger charge is 2.05. The van der Waals surface area contributed by atoms with Crippen LogP contribution in [0.15, 0.2) is 22.2 Å². The van der Waals surface area contributed by atoms with Crippen LogP contribution in [0, 0.1) is 0 Å². The summed E-state index contributed by atoms with van der Waals surface area (Å²) in [5, 5.41) is 5.40. The third-order valence-corrected chi connectivity index (χ3v) is 3.89. The van der Waals surface area contributed by atoms with Gasteiger partial charge in [0.25, 0.3) is 0 Å². The van der Waals surface area contributed by atoms with Gasteiger partial charge in [0.05, 0.1) is 6.54 Å². The largest absolute Gasteiger partial charge is 0.393 e. The number of thiophene rings is 1. The Bertz CT molecular complexity index is 502. The fourth-order valence-electron chi connectivity index (χ4n) is 1.13. The number of hydrogen-bond acceptors (Lipinski definition) is 5. The van der Waals surface area contributed by atoms with E-state index < -0.39 is 0 Å². The summed E-state index contributed by atoms with van der Waals surface area (Å²) in [6.07, 6.45) is 1.38. The normalized spacial score (nSPS) is 10.4. The van der Waals surface area contributed by atoms with Gasteiger partial charge in [-0.25, -0.2) is 9.97 Å². The van der Waals surface area contributed by atoms with Gasteiger partial charge in [0.1, 0.15) is 12.0 Å². The molecular weight excluding hydrogens is 312 g/mol. The molecule has 0 aliphatic heterocycles. The Morgan fingerprint density at radius 2 is 2.31 bits per heavy atom. The van der Waals surface area contributed by atoms with E-state index in [0.29, 0.717) is 18.1 Å². The van der Waals surface area contributed by atoms with Crippen LogP contribution in [0.3, 0.4) is 0 Å². The van der Waals surface area contributed by atoms with Gasteiger partial charge < -0.3 is 11.1 Å². The topological polar surface area (TPSA) is 63.8 Å². The Balaban J connectivity index is 2.07. The SMILES string of the molecule is Nc1c(Cl)ncnc1NCc1cc(Br)cs1. The Labute approximate surface area is 110 Å². The predicted octanol–water partition coefficient (Wildman–Crippen LogP) is 3.15. The first-order chi connectivity index (χ1) is 7.66. The maximum Gasteiger partial charge on any atom is 0.157 e. The van der Waals surface area contributed by atoms with Gasteiger partial charge in [0.15, 0.2) is 11.0 Å². The number of nitrogens with two attached hydrogens (primary N) is 1. The molecule has 0 spiro atoms. The number of anilines is 2. The van der Waals surface area contributed by atoms with Gasteiger partial charge in [-0.1, -0.05) is 11.6 Å². The first-order valence-corrected chi connectivity index (χ1v) is 6.44. The van der Waals surface area contributed by atoms with Crippen LogP contribution in [0.25, 0.3) is 0 Å². The van der Waals surface area contributed by atoms with Gasteiger partial charge in [0.2, 0.25) is 0 Å². The lowest BCUT2D eigenvalue weighted by Crippen LogP contribution is -2.04. The first-order valence-electron chi connectivity index (χ1n) is 4.39. The summed E-state index contributed by atoms with van der Waals surface area (Å²) >= 11 is 10.8. The van der Waals surface area contributed by atoms with Gasteiger partial charge in [0, 0.05) is 14.7 Å². The zero-order valence-electron chi connectivity index (χ0n) is 8.08. The van der Waals surface area contributed by atoms with E-state index in [-0.39, 0.29) is 5.15 Å². The molecule has 0 bridgehead atoms. The molecule has 7 heteroatoms. The zero-order valence-corrected chi connectivity index (χ0v) is 11.2. The molecule has 4 nitrogen and oxygen atoms in total. The summed E-state index contributed by atoms with van der Waals surface area (Å²) in [7, 11) is 0. The molecule has 0 saturated carbocycles. The van der Waals surface area contributed by atoms with Gasteiger partial charge in [-0.3, -0.25) is 0 Å². The average molecular weight is 320 g/mol. The van der Waals surface area contributed by atoms with Crippen LogP contribution in [0.4, 0.5) is 11.5 Å². The van der Waals surface area contributed by atoms with Gasteiger partial charge in [-0.05, 0) is 22.0 Å². The summed E-state index contributed by atoms with van der Waals surface area (Å²) < 4.78 is 1.07. The molecule has 0 atom stereocenters. The maximum atomic E-state index is 5.78. The van der Waals surface area contributed by atoms with Crippen molar-refractivity contribution < 1.29 is 0 Å². The molecule has 2 aromatic heterocycles. The lowest BCUT2D eigenvalue weighted by molar-refractivity contribution is 1.10. The number of nitrogens with one attached hydrogen (secondary N) is 1. The molecule has 0 aromatic carbocycles. The van der Waals surface area contributed by atoms with E-state index in [4.69, 9.17) is 17.3 Å². The van der Waals surface area contributed by atoms with Crippen LogP contribution >= 0.6 is 38.9 Å². The quantitative estimate of drug-likeness (QED) is 0.853. The molecule has 2 heterocycles. The third-order valence-electron chi connectivity index (χ3n) is 1.89. The van der Waals surface area contributed by atoms with E-state index >= 15 is 0 Å². The van der Waals surface area contributed by atoms with Crippen molar-refractivity contribution in [2.24, 2.45) is 0 Å². The molecule has 0 fully saturated rings. The standard InChI is InChI=1S/C9H8BrClN4S/c10-5-1-6(16-3-5)2-13-9-7(12)8(11)14-4-15-9/h1,3-4H,2,12H2,(H,13,14,15). The second kappa shape index (κ2) is 4.99. The van der Waals surface area contributed by atoms with Crippen molar-refractivity contribution in [2.75, 3.05) is 11.1 Å². The van der Waals surface area contributed by atoms with Gasteiger partial charge in [-0.2, -0.15) is 0 Å². The maximum absolute atomic E-state index is 5.78. The number of nitrogens with zero attached hydrogens (tertiary/aromatic N) is 2. The van der Waals surface area contributed by atoms with E-state index in [1.54, 1.807) is 11.3 Å². The van der Waals surface area contributed by atoms with Crippen LogP contribution in [-0.4, -0.2) is 9.97 Å². The summed E-state index contributed by atoms with van der Waals surface area (Å²) in [6.45, 7) is 0.661. The molecule has 0 unspecified atom stereocenters. The second-order valence-corrected chi connectivity index (χ2v) is 5.28. The summed E-state index contributed by atoms with van der Waals surface area (Å²) in [5.74, 6) is 0.560. The van der Waals surface area contributed by atoms with E-state index in [1.165, 1.54) is 11.2 Å². The molecule has 0 saturated heterocycles. The number of rotatable bonds is 3. The first kappa shape index (κ1) is 11.6. The average Bonchev–Trinajstić information content (AvgIpc) is 2.67. The minimum atomic E-state index is 0.268. The zero-order chi connectivity index (χ0) is 11.5. The molecule has 0 aliphatic carbocycles. The molecule has 84 valence electrons. The molecular formula is C9H8BrClN4S. The number of hydrogen-bond donors (Lipinski definition) is 2. The van der Waals surface area contributed by atoms with Gasteiger partial charge >= 0.3 is 0 Å². The van der Waals surface area contributed by atoms with Crippen molar-refractivity contribution in [2.45, 2.75) is 6.54 Å². The lowest BCUT2D eigenvalue weighted by atomic mass is 10.4. The monoisotopic (exact) mass is 318 g/mol. The number of nitrogen functional groups attached to an aromatic ring is 1. The van der Waals surface area contributed by atoms with Crippen molar-refractivity contribution >= 4 is 50.4 Å². The van der Waals surface area contributed by atoms with Crippen LogP contribution in [0.1, 0.15) is 4.88 Å². The molecule has 2 rings (SSSR count). The van der Waals surface area contributed by atoms with Crippen LogP contribution in [0.2, 0.25) is 5.15 Å². The van der Waals surface area contributed by atoms with E-state index in [1.807, 2.05) is 11.4 Å². The summed E-state index contributed by atoms with van der Waals surface area (Å²) in [4.78, 5) is 8.99.